The van der Waals surface area contributed by atoms with E-state index in [2.05, 4.69) is 41.0 Å². The average molecular weight is 420 g/mol. The number of nitrogens with zero attached hydrogens (tertiary/aromatic N) is 8. The largest absolute Gasteiger partial charge is 0.346 e. The Labute approximate surface area is 177 Å². The van der Waals surface area contributed by atoms with E-state index in [9.17, 15) is 5.26 Å². The van der Waals surface area contributed by atoms with Crippen molar-refractivity contribution in [2.75, 3.05) is 18.0 Å². The van der Waals surface area contributed by atoms with Crippen LogP contribution in [0.25, 0.3) is 22.3 Å². The van der Waals surface area contributed by atoms with Gasteiger partial charge in [-0.05, 0) is 18.6 Å². The number of hydrogen-bond acceptors (Lipinski definition) is 7. The first-order chi connectivity index (χ1) is 14.7. The fraction of sp³-hybridized carbons (Fsp3) is 0.300. The second-order valence-corrected chi connectivity index (χ2v) is 7.66. The van der Waals surface area contributed by atoms with Crippen molar-refractivity contribution in [3.8, 4) is 17.3 Å². The Kier molecular flexibility index (Phi) is 4.77. The second-order valence-electron chi connectivity index (χ2n) is 7.27. The molecule has 0 aromatic carbocycles. The summed E-state index contributed by atoms with van der Waals surface area (Å²) in [7, 11) is 0. The smallest absolute Gasteiger partial charge is 0.226 e. The number of nitrogens with one attached hydrogen (secondary N) is 1. The summed E-state index contributed by atoms with van der Waals surface area (Å²) in [6.07, 6.45) is 10.1. The summed E-state index contributed by atoms with van der Waals surface area (Å²) in [4.78, 5) is 22.5. The minimum Gasteiger partial charge on any atom is -0.346 e. The highest BCUT2D eigenvalue weighted by Crippen LogP contribution is 2.33. The molecule has 0 spiro atoms. The molecular formula is C20H18ClN9. The molecule has 30 heavy (non-hydrogen) atoms. The van der Waals surface area contributed by atoms with E-state index in [1.807, 2.05) is 23.1 Å². The first kappa shape index (κ1) is 18.5. The molecule has 4 aromatic rings. The number of hydrogen-bond donors (Lipinski definition) is 1. The summed E-state index contributed by atoms with van der Waals surface area (Å²) in [5.74, 6) is 0.871. The van der Waals surface area contributed by atoms with Crippen LogP contribution in [0.2, 0.25) is 5.15 Å². The zero-order valence-electron chi connectivity index (χ0n) is 16.0. The predicted molar refractivity (Wildman–Crippen MR) is 112 cm³/mol. The van der Waals surface area contributed by atoms with Gasteiger partial charge in [0.25, 0.3) is 0 Å². The van der Waals surface area contributed by atoms with E-state index in [0.717, 1.165) is 41.8 Å². The number of anilines is 1. The fourth-order valence-electron chi connectivity index (χ4n) is 4.08. The van der Waals surface area contributed by atoms with Crippen LogP contribution in [0, 0.1) is 17.2 Å². The molecule has 0 bridgehead atoms. The monoisotopic (exact) mass is 419 g/mol. The molecule has 5 rings (SSSR count). The van der Waals surface area contributed by atoms with E-state index < -0.39 is 0 Å². The van der Waals surface area contributed by atoms with Gasteiger partial charge in [-0.25, -0.2) is 19.9 Å². The highest BCUT2D eigenvalue weighted by molar-refractivity contribution is 6.29. The van der Waals surface area contributed by atoms with Gasteiger partial charge in [0, 0.05) is 48.5 Å². The van der Waals surface area contributed by atoms with E-state index in [1.54, 1.807) is 18.5 Å². The van der Waals surface area contributed by atoms with Crippen LogP contribution >= 0.6 is 11.6 Å². The first-order valence-corrected chi connectivity index (χ1v) is 10.0. The minimum atomic E-state index is -0.0449. The van der Waals surface area contributed by atoms with Crippen LogP contribution in [-0.4, -0.2) is 47.8 Å². The molecule has 0 saturated carbocycles. The lowest BCUT2D eigenvalue weighted by atomic mass is 9.96. The number of rotatable bonds is 5. The summed E-state index contributed by atoms with van der Waals surface area (Å²) in [5, 5.41) is 15.4. The Morgan fingerprint density at radius 1 is 1.30 bits per heavy atom. The fourth-order valence-corrected chi connectivity index (χ4v) is 4.21. The van der Waals surface area contributed by atoms with Crippen LogP contribution in [-0.2, 0) is 0 Å². The third kappa shape index (κ3) is 3.35. The zero-order chi connectivity index (χ0) is 20.5. The van der Waals surface area contributed by atoms with E-state index >= 15 is 0 Å². The molecule has 0 aliphatic carbocycles. The second kappa shape index (κ2) is 7.72. The summed E-state index contributed by atoms with van der Waals surface area (Å²) < 4.78 is 1.89. The van der Waals surface area contributed by atoms with Gasteiger partial charge in [-0.1, -0.05) is 11.6 Å². The van der Waals surface area contributed by atoms with E-state index in [-0.39, 0.29) is 12.0 Å². The Hall–Kier alpha value is -3.51. The molecule has 1 fully saturated rings. The minimum absolute atomic E-state index is 0.0449. The molecule has 1 aliphatic rings. The molecule has 9 nitrogen and oxygen atoms in total. The summed E-state index contributed by atoms with van der Waals surface area (Å²) >= 11 is 6.01. The van der Waals surface area contributed by atoms with Gasteiger partial charge < -0.3 is 9.88 Å². The number of nitriles is 1. The van der Waals surface area contributed by atoms with Gasteiger partial charge in [-0.3, -0.25) is 4.68 Å². The van der Waals surface area contributed by atoms with Gasteiger partial charge in [-0.2, -0.15) is 10.4 Å². The summed E-state index contributed by atoms with van der Waals surface area (Å²) in [6.45, 7) is 1.56. The van der Waals surface area contributed by atoms with Crippen LogP contribution in [0.4, 0.5) is 5.95 Å². The van der Waals surface area contributed by atoms with Crippen molar-refractivity contribution in [2.45, 2.75) is 18.9 Å². The molecule has 1 N–H and O–H groups in total. The van der Waals surface area contributed by atoms with Crippen molar-refractivity contribution < 1.29 is 0 Å². The highest BCUT2D eigenvalue weighted by atomic mass is 35.5. The maximum Gasteiger partial charge on any atom is 0.226 e. The van der Waals surface area contributed by atoms with E-state index in [0.29, 0.717) is 17.5 Å². The van der Waals surface area contributed by atoms with Crippen molar-refractivity contribution >= 4 is 28.6 Å². The zero-order valence-corrected chi connectivity index (χ0v) is 16.7. The van der Waals surface area contributed by atoms with Crippen molar-refractivity contribution in [1.82, 2.24) is 34.7 Å². The molecule has 5 heterocycles. The van der Waals surface area contributed by atoms with Crippen molar-refractivity contribution in [3.63, 3.8) is 0 Å². The average Bonchev–Trinajstić information content (AvgIpc) is 3.52. The Balaban J connectivity index is 1.41. The van der Waals surface area contributed by atoms with Gasteiger partial charge in [0.15, 0.2) is 0 Å². The number of aromatic nitrogens is 7. The number of fused-ring (bicyclic) bond motifs is 1. The standard InChI is InChI=1S/C20H18ClN9/c21-17-3-7-24-20(28-17)29-8-4-13(10-29)16(1-5-22)30-11-14(9-27-30)18-15-2-6-23-19(15)26-12-25-18/h2-3,6-7,9,11-13,16H,1,4,8,10H2,(H,23,25,26). The molecule has 1 aliphatic heterocycles. The van der Waals surface area contributed by atoms with Gasteiger partial charge in [0.05, 0.1) is 30.4 Å². The molecule has 2 unspecified atom stereocenters. The van der Waals surface area contributed by atoms with Gasteiger partial charge in [-0.15, -0.1) is 0 Å². The summed E-state index contributed by atoms with van der Waals surface area (Å²) in [5.41, 5.74) is 2.51. The lowest BCUT2D eigenvalue weighted by molar-refractivity contribution is 0.332. The lowest BCUT2D eigenvalue weighted by Crippen LogP contribution is -2.26. The molecule has 2 atom stereocenters. The number of halogens is 1. The SMILES string of the molecule is N#CCC(C1CCN(c2nccc(Cl)n2)C1)n1cc(-c2ncnc3[nH]ccc23)cn1. The van der Waals surface area contributed by atoms with Gasteiger partial charge in [0.2, 0.25) is 5.95 Å². The topological polar surface area (TPSA) is 112 Å². The van der Waals surface area contributed by atoms with Crippen LogP contribution in [0.5, 0.6) is 0 Å². The molecule has 10 heteroatoms. The number of aromatic amines is 1. The molecule has 150 valence electrons. The van der Waals surface area contributed by atoms with Crippen LogP contribution in [0.15, 0.2) is 43.2 Å². The quantitative estimate of drug-likeness (QED) is 0.494. The summed E-state index contributed by atoms with van der Waals surface area (Å²) in [6, 6.07) is 5.89. The molecule has 0 radical (unpaired) electrons. The molecule has 1 saturated heterocycles. The van der Waals surface area contributed by atoms with Gasteiger partial charge >= 0.3 is 0 Å². The molecular weight excluding hydrogens is 402 g/mol. The molecule has 4 aromatic heterocycles. The van der Waals surface area contributed by atoms with Crippen molar-refractivity contribution in [2.24, 2.45) is 5.92 Å². The maximum atomic E-state index is 9.44. The lowest BCUT2D eigenvalue weighted by Gasteiger charge is -2.22. The predicted octanol–water partition coefficient (Wildman–Crippen LogP) is 3.25. The Morgan fingerprint density at radius 2 is 2.23 bits per heavy atom. The Morgan fingerprint density at radius 3 is 3.10 bits per heavy atom. The maximum absolute atomic E-state index is 9.44. The normalized spacial score (nSPS) is 17.3. The Bertz CT molecular complexity index is 1220. The first-order valence-electron chi connectivity index (χ1n) is 9.66. The van der Waals surface area contributed by atoms with Crippen LogP contribution < -0.4 is 4.90 Å². The van der Waals surface area contributed by atoms with Crippen LogP contribution in [0.1, 0.15) is 18.9 Å². The highest BCUT2D eigenvalue weighted by Gasteiger charge is 2.32. The van der Waals surface area contributed by atoms with E-state index in [1.165, 1.54) is 6.33 Å². The van der Waals surface area contributed by atoms with Crippen molar-refractivity contribution in [3.05, 3.63) is 48.4 Å². The third-order valence-corrected chi connectivity index (χ3v) is 5.74. The van der Waals surface area contributed by atoms with Crippen molar-refractivity contribution in [1.29, 1.82) is 5.26 Å². The third-order valence-electron chi connectivity index (χ3n) is 5.53. The van der Waals surface area contributed by atoms with E-state index in [4.69, 9.17) is 11.6 Å². The molecule has 0 amide bonds. The van der Waals surface area contributed by atoms with Crippen LogP contribution in [0.3, 0.4) is 0 Å². The number of H-pyrrole nitrogens is 1. The van der Waals surface area contributed by atoms with Gasteiger partial charge in [0.1, 0.15) is 17.1 Å².